The molecule has 100 valence electrons. The van der Waals surface area contributed by atoms with Gasteiger partial charge in [0.15, 0.2) is 0 Å². The summed E-state index contributed by atoms with van der Waals surface area (Å²) in [5, 5.41) is 30.8. The molecule has 0 spiro atoms. The summed E-state index contributed by atoms with van der Waals surface area (Å²) in [5.74, 6) is -1.04. The Morgan fingerprint density at radius 1 is 1.33 bits per heavy atom. The second-order valence-electron chi connectivity index (χ2n) is 4.43. The number of anilines is 1. The molecule has 5 nitrogen and oxygen atoms in total. The number of carboxylic acids is 1. The molecule has 18 heavy (non-hydrogen) atoms. The fourth-order valence-corrected chi connectivity index (χ4v) is 1.67. The van der Waals surface area contributed by atoms with Gasteiger partial charge in [0.1, 0.15) is 0 Å². The number of aromatic carboxylic acids is 1. The van der Waals surface area contributed by atoms with Gasteiger partial charge < -0.3 is 20.6 Å². The van der Waals surface area contributed by atoms with Crippen LogP contribution in [0.1, 0.15) is 29.3 Å². The summed E-state index contributed by atoms with van der Waals surface area (Å²) in [6.45, 7) is 3.12. The average Bonchev–Trinajstić information content (AvgIpc) is 2.36. The van der Waals surface area contributed by atoms with Gasteiger partial charge in [0.25, 0.3) is 0 Å². The Morgan fingerprint density at radius 3 is 2.39 bits per heavy atom. The lowest BCUT2D eigenvalue weighted by Crippen LogP contribution is -2.45. The highest BCUT2D eigenvalue weighted by Crippen LogP contribution is 2.23. The number of benzene rings is 1. The number of carboxylic acid groups (broad SMARTS) is 1. The molecular formula is C13H19NO4. The molecule has 0 amide bonds. The number of nitrogens with one attached hydrogen (secondary N) is 1. The zero-order chi connectivity index (χ0) is 13.8. The van der Waals surface area contributed by atoms with Crippen molar-refractivity contribution >= 4 is 11.7 Å². The molecule has 5 heteroatoms. The van der Waals surface area contributed by atoms with Gasteiger partial charge in [-0.05, 0) is 31.0 Å². The molecule has 0 saturated carbocycles. The largest absolute Gasteiger partial charge is 0.478 e. The quantitative estimate of drug-likeness (QED) is 0.612. The smallest absolute Gasteiger partial charge is 0.337 e. The van der Waals surface area contributed by atoms with Crippen LogP contribution in [-0.2, 0) is 0 Å². The molecule has 0 aliphatic carbocycles. The SMILES string of the molecule is CCC(CO)(CO)Nc1cc(C)ccc1C(=O)O. The summed E-state index contributed by atoms with van der Waals surface area (Å²) in [5.41, 5.74) is 0.536. The minimum atomic E-state index is -1.04. The van der Waals surface area contributed by atoms with Crippen molar-refractivity contribution in [1.82, 2.24) is 0 Å². The summed E-state index contributed by atoms with van der Waals surface area (Å²) >= 11 is 0. The molecule has 0 unspecified atom stereocenters. The van der Waals surface area contributed by atoms with Crippen molar-refractivity contribution in [1.29, 1.82) is 0 Å². The lowest BCUT2D eigenvalue weighted by molar-refractivity contribution is 0.0697. The van der Waals surface area contributed by atoms with Crippen molar-refractivity contribution in [2.75, 3.05) is 18.5 Å². The highest BCUT2D eigenvalue weighted by molar-refractivity contribution is 5.94. The van der Waals surface area contributed by atoms with Gasteiger partial charge in [0.05, 0.1) is 24.3 Å². The maximum Gasteiger partial charge on any atom is 0.337 e. The predicted molar refractivity (Wildman–Crippen MR) is 69.0 cm³/mol. The lowest BCUT2D eigenvalue weighted by Gasteiger charge is -2.31. The van der Waals surface area contributed by atoms with Crippen LogP contribution in [0.25, 0.3) is 0 Å². The highest BCUT2D eigenvalue weighted by Gasteiger charge is 2.27. The molecule has 1 rings (SSSR count). The van der Waals surface area contributed by atoms with Crippen molar-refractivity contribution in [2.24, 2.45) is 0 Å². The van der Waals surface area contributed by atoms with E-state index in [0.717, 1.165) is 5.56 Å². The molecule has 1 aromatic rings. The first-order valence-electron chi connectivity index (χ1n) is 5.82. The molecule has 4 N–H and O–H groups in total. The van der Waals surface area contributed by atoms with E-state index >= 15 is 0 Å². The van der Waals surface area contributed by atoms with Gasteiger partial charge in [-0.1, -0.05) is 13.0 Å². The second kappa shape index (κ2) is 5.84. The third kappa shape index (κ3) is 3.00. The maximum atomic E-state index is 11.1. The fourth-order valence-electron chi connectivity index (χ4n) is 1.67. The standard InChI is InChI=1S/C13H19NO4/c1-3-13(7-15,8-16)14-11-6-9(2)4-5-10(11)12(17)18/h4-6,14-16H,3,7-8H2,1-2H3,(H,17,18). The van der Waals surface area contributed by atoms with Crippen LogP contribution in [0.2, 0.25) is 0 Å². The number of aryl methyl sites for hydroxylation is 1. The van der Waals surface area contributed by atoms with E-state index in [2.05, 4.69) is 5.32 Å². The Labute approximate surface area is 106 Å². The molecule has 0 aliphatic heterocycles. The summed E-state index contributed by atoms with van der Waals surface area (Å²) < 4.78 is 0. The summed E-state index contributed by atoms with van der Waals surface area (Å²) in [4.78, 5) is 11.1. The van der Waals surface area contributed by atoms with Gasteiger partial charge in [-0.25, -0.2) is 4.79 Å². The number of carbonyl (C=O) groups is 1. The normalized spacial score (nSPS) is 11.3. The van der Waals surface area contributed by atoms with Crippen molar-refractivity contribution in [3.8, 4) is 0 Å². The van der Waals surface area contributed by atoms with Gasteiger partial charge in [-0.15, -0.1) is 0 Å². The Hall–Kier alpha value is -1.59. The molecule has 0 aliphatic rings. The van der Waals surface area contributed by atoms with Crippen LogP contribution in [0.3, 0.4) is 0 Å². The van der Waals surface area contributed by atoms with Crippen molar-refractivity contribution in [3.63, 3.8) is 0 Å². The number of aliphatic hydroxyl groups excluding tert-OH is 2. The van der Waals surface area contributed by atoms with E-state index in [0.29, 0.717) is 12.1 Å². The minimum Gasteiger partial charge on any atom is -0.478 e. The Morgan fingerprint density at radius 2 is 1.94 bits per heavy atom. The molecule has 0 bridgehead atoms. The number of hydrogen-bond donors (Lipinski definition) is 4. The number of aliphatic hydroxyl groups is 2. The molecule has 0 saturated heterocycles. The number of rotatable bonds is 6. The van der Waals surface area contributed by atoms with Crippen molar-refractivity contribution in [3.05, 3.63) is 29.3 Å². The predicted octanol–water partition coefficient (Wildman–Crippen LogP) is 1.24. The maximum absolute atomic E-state index is 11.1. The van der Waals surface area contributed by atoms with Crippen LogP contribution in [0.15, 0.2) is 18.2 Å². The molecule has 0 fully saturated rings. The first kappa shape index (κ1) is 14.5. The molecule has 0 heterocycles. The van der Waals surface area contributed by atoms with E-state index < -0.39 is 11.5 Å². The first-order valence-corrected chi connectivity index (χ1v) is 5.82. The minimum absolute atomic E-state index is 0.125. The Balaban J connectivity index is 3.16. The second-order valence-corrected chi connectivity index (χ2v) is 4.43. The number of hydrogen-bond acceptors (Lipinski definition) is 4. The zero-order valence-electron chi connectivity index (χ0n) is 10.6. The first-order chi connectivity index (χ1) is 8.48. The Kier molecular flexibility index (Phi) is 4.69. The zero-order valence-corrected chi connectivity index (χ0v) is 10.6. The molecule has 0 radical (unpaired) electrons. The average molecular weight is 253 g/mol. The van der Waals surface area contributed by atoms with Gasteiger partial charge >= 0.3 is 5.97 Å². The van der Waals surface area contributed by atoms with E-state index in [1.54, 1.807) is 12.1 Å². The summed E-state index contributed by atoms with van der Waals surface area (Å²) in [6, 6.07) is 4.91. The third-order valence-electron chi connectivity index (χ3n) is 3.09. The third-order valence-corrected chi connectivity index (χ3v) is 3.09. The van der Waals surface area contributed by atoms with Gasteiger partial charge in [0, 0.05) is 5.69 Å². The van der Waals surface area contributed by atoms with Crippen LogP contribution in [0.4, 0.5) is 5.69 Å². The van der Waals surface area contributed by atoms with E-state index in [1.165, 1.54) is 6.07 Å². The molecule has 1 aromatic carbocycles. The van der Waals surface area contributed by atoms with E-state index in [4.69, 9.17) is 5.11 Å². The van der Waals surface area contributed by atoms with Crippen LogP contribution >= 0.6 is 0 Å². The molecule has 0 atom stereocenters. The van der Waals surface area contributed by atoms with Gasteiger partial charge in [0.2, 0.25) is 0 Å². The van der Waals surface area contributed by atoms with Crippen LogP contribution in [0.5, 0.6) is 0 Å². The molecular weight excluding hydrogens is 234 g/mol. The monoisotopic (exact) mass is 253 g/mol. The highest BCUT2D eigenvalue weighted by atomic mass is 16.4. The van der Waals surface area contributed by atoms with Crippen LogP contribution in [0, 0.1) is 6.92 Å². The molecule has 0 aromatic heterocycles. The Bertz CT molecular complexity index is 419. The summed E-state index contributed by atoms with van der Waals surface area (Å²) in [6.07, 6.45) is 0.479. The summed E-state index contributed by atoms with van der Waals surface area (Å²) in [7, 11) is 0. The van der Waals surface area contributed by atoms with Crippen molar-refractivity contribution in [2.45, 2.75) is 25.8 Å². The van der Waals surface area contributed by atoms with Crippen LogP contribution < -0.4 is 5.32 Å². The van der Waals surface area contributed by atoms with E-state index in [1.807, 2.05) is 13.8 Å². The fraction of sp³-hybridized carbons (Fsp3) is 0.462. The lowest BCUT2D eigenvalue weighted by atomic mass is 9.96. The van der Waals surface area contributed by atoms with E-state index in [-0.39, 0.29) is 18.8 Å². The van der Waals surface area contributed by atoms with Gasteiger partial charge in [-0.3, -0.25) is 0 Å². The van der Waals surface area contributed by atoms with E-state index in [9.17, 15) is 15.0 Å². The van der Waals surface area contributed by atoms with Crippen molar-refractivity contribution < 1.29 is 20.1 Å². The van der Waals surface area contributed by atoms with Gasteiger partial charge in [-0.2, -0.15) is 0 Å². The van der Waals surface area contributed by atoms with Crippen LogP contribution in [-0.4, -0.2) is 40.0 Å². The topological polar surface area (TPSA) is 89.8 Å².